The Hall–Kier alpha value is -0.830. The van der Waals surface area contributed by atoms with Gasteiger partial charge >= 0.3 is 0 Å². The molecule has 102 valence electrons. The molecule has 1 aliphatic carbocycles. The van der Waals surface area contributed by atoms with Gasteiger partial charge in [0.1, 0.15) is 0 Å². The third-order valence-corrected chi connectivity index (χ3v) is 4.07. The molecule has 1 heterocycles. The molecule has 2 unspecified atom stereocenters. The van der Waals surface area contributed by atoms with Crippen LogP contribution in [0.1, 0.15) is 58.9 Å². The Morgan fingerprint density at radius 2 is 2.17 bits per heavy atom. The summed E-state index contributed by atoms with van der Waals surface area (Å²) in [5.74, 6) is 0.688. The molecule has 3 heteroatoms. The normalized spacial score (nSPS) is 31.5. The maximum absolute atomic E-state index is 6.70. The lowest BCUT2D eigenvalue weighted by molar-refractivity contribution is 0.107. The molecule has 2 rings (SSSR count). The molecule has 1 aromatic heterocycles. The number of hydrogen-bond acceptors (Lipinski definition) is 2. The van der Waals surface area contributed by atoms with Crippen molar-refractivity contribution in [3.05, 3.63) is 18.0 Å². The van der Waals surface area contributed by atoms with Crippen molar-refractivity contribution in [3.8, 4) is 0 Å². The number of aromatic nitrogens is 2. The molecule has 2 atom stereocenters. The number of hydrogen-bond donors (Lipinski definition) is 1. The van der Waals surface area contributed by atoms with Crippen LogP contribution in [0, 0.1) is 11.3 Å². The first-order chi connectivity index (χ1) is 8.35. The van der Waals surface area contributed by atoms with E-state index >= 15 is 0 Å². The van der Waals surface area contributed by atoms with Gasteiger partial charge in [0, 0.05) is 23.8 Å². The van der Waals surface area contributed by atoms with Crippen molar-refractivity contribution < 1.29 is 0 Å². The second-order valence-electron chi connectivity index (χ2n) is 7.00. The molecule has 0 amide bonds. The highest BCUT2D eigenvalue weighted by Gasteiger charge is 2.41. The summed E-state index contributed by atoms with van der Waals surface area (Å²) < 4.78 is 2.02. The highest BCUT2D eigenvalue weighted by atomic mass is 15.3. The van der Waals surface area contributed by atoms with Crippen LogP contribution in [0.3, 0.4) is 0 Å². The number of aryl methyl sites for hydroxylation is 1. The molecule has 1 fully saturated rings. The van der Waals surface area contributed by atoms with Crippen LogP contribution in [-0.4, -0.2) is 9.78 Å². The smallest absolute Gasteiger partial charge is 0.0540 e. The fourth-order valence-corrected chi connectivity index (χ4v) is 3.83. The first-order valence-electron chi connectivity index (χ1n) is 7.16. The summed E-state index contributed by atoms with van der Waals surface area (Å²) >= 11 is 0. The zero-order chi connectivity index (χ0) is 13.4. The Bertz CT molecular complexity index is 408. The summed E-state index contributed by atoms with van der Waals surface area (Å²) in [6.07, 6.45) is 8.65. The first kappa shape index (κ1) is 13.6. The van der Waals surface area contributed by atoms with Crippen molar-refractivity contribution >= 4 is 0 Å². The summed E-state index contributed by atoms with van der Waals surface area (Å²) in [4.78, 5) is 0. The van der Waals surface area contributed by atoms with Crippen LogP contribution >= 0.6 is 0 Å². The lowest BCUT2D eigenvalue weighted by atomic mass is 9.63. The van der Waals surface area contributed by atoms with Gasteiger partial charge in [-0.25, -0.2) is 0 Å². The zero-order valence-corrected chi connectivity index (χ0v) is 12.2. The SMILES string of the molecule is CCCn1cc(C2(N)CC(C)CC(C)(C)C2)cn1. The molecule has 1 aromatic rings. The summed E-state index contributed by atoms with van der Waals surface area (Å²) in [5.41, 5.74) is 8.07. The van der Waals surface area contributed by atoms with Crippen LogP contribution in [-0.2, 0) is 12.1 Å². The first-order valence-corrected chi connectivity index (χ1v) is 7.16. The average molecular weight is 249 g/mol. The molecule has 1 aliphatic rings. The highest BCUT2D eigenvalue weighted by molar-refractivity contribution is 5.20. The van der Waals surface area contributed by atoms with Crippen molar-refractivity contribution in [2.24, 2.45) is 17.1 Å². The predicted molar refractivity (Wildman–Crippen MR) is 75.2 cm³/mol. The molecule has 3 nitrogen and oxygen atoms in total. The summed E-state index contributed by atoms with van der Waals surface area (Å²) in [5, 5.41) is 4.44. The van der Waals surface area contributed by atoms with Gasteiger partial charge in [-0.3, -0.25) is 4.68 Å². The largest absolute Gasteiger partial charge is 0.321 e. The molecular weight excluding hydrogens is 222 g/mol. The molecule has 0 saturated heterocycles. The Morgan fingerprint density at radius 3 is 2.78 bits per heavy atom. The van der Waals surface area contributed by atoms with Gasteiger partial charge in [-0.15, -0.1) is 0 Å². The fraction of sp³-hybridized carbons (Fsp3) is 0.800. The van der Waals surface area contributed by atoms with Crippen LogP contribution in [0.25, 0.3) is 0 Å². The Morgan fingerprint density at radius 1 is 1.44 bits per heavy atom. The van der Waals surface area contributed by atoms with Gasteiger partial charge in [-0.2, -0.15) is 5.10 Å². The van der Waals surface area contributed by atoms with E-state index < -0.39 is 0 Å². The van der Waals surface area contributed by atoms with Crippen LogP contribution in [0.15, 0.2) is 12.4 Å². The summed E-state index contributed by atoms with van der Waals surface area (Å²) in [6.45, 7) is 10.1. The Labute approximate surface area is 111 Å². The summed E-state index contributed by atoms with van der Waals surface area (Å²) in [6, 6.07) is 0. The van der Waals surface area contributed by atoms with Crippen molar-refractivity contribution in [3.63, 3.8) is 0 Å². The van der Waals surface area contributed by atoms with Crippen LogP contribution in [0.2, 0.25) is 0 Å². The Balaban J connectivity index is 2.23. The van der Waals surface area contributed by atoms with Crippen molar-refractivity contribution in [2.75, 3.05) is 0 Å². The third-order valence-electron chi connectivity index (χ3n) is 4.07. The molecule has 0 bridgehead atoms. The zero-order valence-electron chi connectivity index (χ0n) is 12.2. The monoisotopic (exact) mass is 249 g/mol. The van der Waals surface area contributed by atoms with E-state index in [1.807, 2.05) is 10.9 Å². The lowest BCUT2D eigenvalue weighted by Crippen LogP contribution is -2.46. The van der Waals surface area contributed by atoms with Crippen LogP contribution in [0.5, 0.6) is 0 Å². The van der Waals surface area contributed by atoms with Crippen LogP contribution in [0.4, 0.5) is 0 Å². The van der Waals surface area contributed by atoms with E-state index in [2.05, 4.69) is 39.0 Å². The van der Waals surface area contributed by atoms with E-state index in [-0.39, 0.29) is 5.54 Å². The van der Waals surface area contributed by atoms with Crippen molar-refractivity contribution in [2.45, 2.75) is 65.5 Å². The van der Waals surface area contributed by atoms with Gasteiger partial charge in [0.15, 0.2) is 0 Å². The fourth-order valence-electron chi connectivity index (χ4n) is 3.83. The maximum Gasteiger partial charge on any atom is 0.0540 e. The standard InChI is InChI=1S/C15H27N3/c1-5-6-18-10-13(9-17-18)15(16)8-12(2)7-14(3,4)11-15/h9-10,12H,5-8,11,16H2,1-4H3. The van der Waals surface area contributed by atoms with Crippen molar-refractivity contribution in [1.29, 1.82) is 0 Å². The van der Waals surface area contributed by atoms with E-state index in [1.54, 1.807) is 0 Å². The second-order valence-corrected chi connectivity index (χ2v) is 7.00. The predicted octanol–water partition coefficient (Wildman–Crippen LogP) is 3.29. The number of rotatable bonds is 3. The average Bonchev–Trinajstić information content (AvgIpc) is 2.63. The van der Waals surface area contributed by atoms with E-state index in [1.165, 1.54) is 12.0 Å². The molecule has 0 aliphatic heterocycles. The van der Waals surface area contributed by atoms with E-state index in [0.29, 0.717) is 11.3 Å². The summed E-state index contributed by atoms with van der Waals surface area (Å²) in [7, 11) is 0. The number of nitrogens with two attached hydrogens (primary N) is 1. The number of nitrogens with zero attached hydrogens (tertiary/aromatic N) is 2. The molecule has 18 heavy (non-hydrogen) atoms. The van der Waals surface area contributed by atoms with E-state index in [0.717, 1.165) is 25.8 Å². The molecular formula is C15H27N3. The van der Waals surface area contributed by atoms with Gasteiger partial charge in [0.25, 0.3) is 0 Å². The molecule has 2 N–H and O–H groups in total. The van der Waals surface area contributed by atoms with Gasteiger partial charge in [-0.1, -0.05) is 27.7 Å². The third kappa shape index (κ3) is 2.77. The van der Waals surface area contributed by atoms with E-state index in [4.69, 9.17) is 5.73 Å². The van der Waals surface area contributed by atoms with Gasteiger partial charge in [0.05, 0.1) is 6.20 Å². The molecule has 0 radical (unpaired) electrons. The van der Waals surface area contributed by atoms with Crippen LogP contribution < -0.4 is 5.73 Å². The molecule has 0 aromatic carbocycles. The topological polar surface area (TPSA) is 43.8 Å². The maximum atomic E-state index is 6.70. The van der Waals surface area contributed by atoms with Gasteiger partial charge in [0.2, 0.25) is 0 Å². The minimum absolute atomic E-state index is 0.187. The molecule has 0 spiro atoms. The van der Waals surface area contributed by atoms with Gasteiger partial charge < -0.3 is 5.73 Å². The van der Waals surface area contributed by atoms with Crippen molar-refractivity contribution in [1.82, 2.24) is 9.78 Å². The quantitative estimate of drug-likeness (QED) is 0.893. The highest BCUT2D eigenvalue weighted by Crippen LogP contribution is 2.47. The Kier molecular flexibility index (Phi) is 3.54. The minimum atomic E-state index is -0.187. The second kappa shape index (κ2) is 4.69. The molecule has 1 saturated carbocycles. The van der Waals surface area contributed by atoms with Gasteiger partial charge in [-0.05, 0) is 37.0 Å². The minimum Gasteiger partial charge on any atom is -0.321 e. The van der Waals surface area contributed by atoms with E-state index in [9.17, 15) is 0 Å². The lowest BCUT2D eigenvalue weighted by Gasteiger charge is -2.45.